The Labute approximate surface area is 169 Å². The average Bonchev–Trinajstić information content (AvgIpc) is 3.33. The summed E-state index contributed by atoms with van der Waals surface area (Å²) in [6.07, 6.45) is 5.60. The van der Waals surface area contributed by atoms with Gasteiger partial charge in [-0.25, -0.2) is 0 Å². The van der Waals surface area contributed by atoms with Crippen molar-refractivity contribution in [3.05, 3.63) is 0 Å². The van der Waals surface area contributed by atoms with Crippen molar-refractivity contribution < 1.29 is 9.59 Å². The van der Waals surface area contributed by atoms with E-state index in [2.05, 4.69) is 27.3 Å². The second-order valence-corrected chi connectivity index (χ2v) is 9.22. The lowest BCUT2D eigenvalue weighted by molar-refractivity contribution is -0.125. The Morgan fingerprint density at radius 2 is 2.11 bits per heavy atom. The van der Waals surface area contributed by atoms with Crippen LogP contribution in [0, 0.1) is 5.92 Å². The summed E-state index contributed by atoms with van der Waals surface area (Å²) in [5.74, 6) is 2.58. The molecule has 0 radical (unpaired) electrons. The standard InChI is InChI=1S/C18H29N5O2S2/c1-2-11-26-12-5-8-19-16(25)14-6-3-9-22(13-14)17-20-21-18(27-17)23-10-4-7-15(23)24/h14H,2-13H2,1H3,(H,19,25). The van der Waals surface area contributed by atoms with E-state index in [9.17, 15) is 9.59 Å². The molecule has 150 valence electrons. The van der Waals surface area contributed by atoms with Gasteiger partial charge in [0.25, 0.3) is 0 Å². The third-order valence-electron chi connectivity index (χ3n) is 4.88. The first kappa shape index (κ1) is 20.4. The minimum absolute atomic E-state index is 0.00261. The monoisotopic (exact) mass is 411 g/mol. The van der Waals surface area contributed by atoms with Gasteiger partial charge in [0.2, 0.25) is 22.1 Å². The number of anilines is 2. The number of hydrogen-bond donors (Lipinski definition) is 1. The number of hydrogen-bond acceptors (Lipinski definition) is 7. The largest absolute Gasteiger partial charge is 0.356 e. The molecule has 2 saturated heterocycles. The summed E-state index contributed by atoms with van der Waals surface area (Å²) in [5, 5.41) is 13.1. The molecule has 0 aliphatic carbocycles. The van der Waals surface area contributed by atoms with E-state index in [1.165, 1.54) is 23.5 Å². The van der Waals surface area contributed by atoms with Crippen LogP contribution in [0.1, 0.15) is 45.4 Å². The van der Waals surface area contributed by atoms with Gasteiger partial charge in [0.1, 0.15) is 0 Å². The summed E-state index contributed by atoms with van der Waals surface area (Å²) in [6.45, 7) is 5.24. The molecular weight excluding hydrogens is 382 g/mol. The van der Waals surface area contributed by atoms with Crippen LogP contribution in [0.15, 0.2) is 0 Å². The van der Waals surface area contributed by atoms with Gasteiger partial charge in [0.15, 0.2) is 0 Å². The molecule has 1 aromatic rings. The summed E-state index contributed by atoms with van der Waals surface area (Å²) in [4.78, 5) is 28.2. The number of aromatic nitrogens is 2. The highest BCUT2D eigenvalue weighted by Crippen LogP contribution is 2.32. The van der Waals surface area contributed by atoms with Crippen LogP contribution in [0.2, 0.25) is 0 Å². The maximum atomic E-state index is 12.5. The molecule has 2 fully saturated rings. The molecule has 0 spiro atoms. The summed E-state index contributed by atoms with van der Waals surface area (Å²) < 4.78 is 0. The first-order valence-corrected chi connectivity index (χ1v) is 11.9. The smallest absolute Gasteiger partial charge is 0.228 e. The van der Waals surface area contributed by atoms with Crippen molar-refractivity contribution in [1.29, 1.82) is 0 Å². The lowest BCUT2D eigenvalue weighted by atomic mass is 9.97. The van der Waals surface area contributed by atoms with Crippen molar-refractivity contribution in [2.75, 3.05) is 47.5 Å². The van der Waals surface area contributed by atoms with Gasteiger partial charge < -0.3 is 10.2 Å². The fraction of sp³-hybridized carbons (Fsp3) is 0.778. The Morgan fingerprint density at radius 1 is 1.26 bits per heavy atom. The molecule has 1 atom stereocenters. The molecule has 3 heterocycles. The number of amides is 2. The maximum absolute atomic E-state index is 12.5. The zero-order valence-corrected chi connectivity index (χ0v) is 17.6. The highest BCUT2D eigenvalue weighted by atomic mass is 32.2. The number of carbonyl (C=O) groups is 2. The van der Waals surface area contributed by atoms with Crippen LogP contribution in [0.4, 0.5) is 10.3 Å². The zero-order valence-electron chi connectivity index (χ0n) is 16.0. The predicted molar refractivity (Wildman–Crippen MR) is 112 cm³/mol. The normalized spacial score (nSPS) is 20.3. The lowest BCUT2D eigenvalue weighted by Crippen LogP contribution is -2.43. The molecule has 27 heavy (non-hydrogen) atoms. The van der Waals surface area contributed by atoms with E-state index in [4.69, 9.17) is 0 Å². The van der Waals surface area contributed by atoms with E-state index in [-0.39, 0.29) is 17.7 Å². The Hall–Kier alpha value is -1.35. The summed E-state index contributed by atoms with van der Waals surface area (Å²) in [6, 6.07) is 0. The first-order valence-electron chi connectivity index (χ1n) is 9.93. The molecule has 0 aromatic carbocycles. The summed E-state index contributed by atoms with van der Waals surface area (Å²) >= 11 is 3.41. The van der Waals surface area contributed by atoms with Crippen LogP contribution < -0.4 is 15.1 Å². The molecular formula is C18H29N5O2S2. The number of carbonyl (C=O) groups excluding carboxylic acids is 2. The van der Waals surface area contributed by atoms with Crippen LogP contribution in [-0.2, 0) is 9.59 Å². The molecule has 2 aliphatic heterocycles. The van der Waals surface area contributed by atoms with Gasteiger partial charge in [0, 0.05) is 32.6 Å². The van der Waals surface area contributed by atoms with E-state index in [0.717, 1.165) is 56.2 Å². The van der Waals surface area contributed by atoms with Crippen LogP contribution in [-0.4, -0.2) is 59.7 Å². The fourth-order valence-electron chi connectivity index (χ4n) is 3.44. The van der Waals surface area contributed by atoms with E-state index in [1.807, 2.05) is 11.8 Å². The van der Waals surface area contributed by atoms with Gasteiger partial charge >= 0.3 is 0 Å². The molecule has 0 bridgehead atoms. The Morgan fingerprint density at radius 3 is 2.89 bits per heavy atom. The van der Waals surface area contributed by atoms with Gasteiger partial charge in [-0.2, -0.15) is 11.8 Å². The van der Waals surface area contributed by atoms with Gasteiger partial charge in [-0.05, 0) is 43.6 Å². The number of rotatable bonds is 9. The number of piperidine rings is 1. The summed E-state index contributed by atoms with van der Waals surface area (Å²) in [5.41, 5.74) is 0. The zero-order chi connectivity index (χ0) is 19.1. The molecule has 9 heteroatoms. The first-order chi connectivity index (χ1) is 13.2. The van der Waals surface area contributed by atoms with Crippen LogP contribution in [0.25, 0.3) is 0 Å². The third kappa shape index (κ3) is 5.57. The van der Waals surface area contributed by atoms with Crippen molar-refractivity contribution >= 4 is 45.2 Å². The topological polar surface area (TPSA) is 78.4 Å². The van der Waals surface area contributed by atoms with Crippen molar-refractivity contribution in [2.45, 2.75) is 45.4 Å². The van der Waals surface area contributed by atoms with E-state index < -0.39 is 0 Å². The van der Waals surface area contributed by atoms with Gasteiger partial charge in [0.05, 0.1) is 5.92 Å². The Kier molecular flexibility index (Phi) is 7.75. The lowest BCUT2D eigenvalue weighted by Gasteiger charge is -2.31. The highest BCUT2D eigenvalue weighted by molar-refractivity contribution is 7.99. The third-order valence-corrected chi connectivity index (χ3v) is 7.17. The molecule has 0 saturated carbocycles. The Balaban J connectivity index is 1.47. The van der Waals surface area contributed by atoms with E-state index >= 15 is 0 Å². The minimum atomic E-state index is 0.00261. The Bertz CT molecular complexity index is 639. The van der Waals surface area contributed by atoms with Gasteiger partial charge in [-0.1, -0.05) is 18.3 Å². The predicted octanol–water partition coefficient (Wildman–Crippen LogP) is 2.53. The molecule has 3 rings (SSSR count). The molecule has 2 amide bonds. The van der Waals surface area contributed by atoms with Crippen molar-refractivity contribution in [1.82, 2.24) is 15.5 Å². The minimum Gasteiger partial charge on any atom is -0.356 e. The molecule has 7 nitrogen and oxygen atoms in total. The van der Waals surface area contributed by atoms with Crippen LogP contribution >= 0.6 is 23.1 Å². The average molecular weight is 412 g/mol. The van der Waals surface area contributed by atoms with E-state index in [0.29, 0.717) is 18.1 Å². The van der Waals surface area contributed by atoms with Gasteiger partial charge in [-0.15, -0.1) is 10.2 Å². The molecule has 2 aliphatic rings. The molecule has 1 aromatic heterocycles. The number of nitrogens with one attached hydrogen (secondary N) is 1. The quantitative estimate of drug-likeness (QED) is 0.629. The second-order valence-electron chi connectivity index (χ2n) is 7.06. The maximum Gasteiger partial charge on any atom is 0.228 e. The van der Waals surface area contributed by atoms with Crippen molar-refractivity contribution in [2.24, 2.45) is 5.92 Å². The summed E-state index contributed by atoms with van der Waals surface area (Å²) in [7, 11) is 0. The van der Waals surface area contributed by atoms with E-state index in [1.54, 1.807) is 4.90 Å². The van der Waals surface area contributed by atoms with Gasteiger partial charge in [-0.3, -0.25) is 14.5 Å². The molecule has 1 unspecified atom stereocenters. The van der Waals surface area contributed by atoms with Crippen LogP contribution in [0.3, 0.4) is 0 Å². The highest BCUT2D eigenvalue weighted by Gasteiger charge is 2.29. The van der Waals surface area contributed by atoms with Crippen molar-refractivity contribution in [3.63, 3.8) is 0 Å². The SMILES string of the molecule is CCCSCCCNC(=O)C1CCCN(c2nnc(N3CCCC3=O)s2)C1. The number of nitrogens with zero attached hydrogens (tertiary/aromatic N) is 4. The fourth-order valence-corrected chi connectivity index (χ4v) is 5.20. The molecule has 1 N–H and O–H groups in total. The van der Waals surface area contributed by atoms with Crippen LogP contribution in [0.5, 0.6) is 0 Å². The van der Waals surface area contributed by atoms with Crippen molar-refractivity contribution in [3.8, 4) is 0 Å². The number of thioether (sulfide) groups is 1. The second kappa shape index (κ2) is 10.3.